The molecular formula is C26H23F3N4O3. The SMILES string of the molecule is COc1cc2nn(C3CC(OCc4ccccc4)C3)cc2cc1NC(=O)c1cccc(C(F)(F)F)n1. The number of aromatic nitrogens is 3. The number of amides is 1. The summed E-state index contributed by atoms with van der Waals surface area (Å²) >= 11 is 0. The number of methoxy groups -OCH3 is 1. The number of anilines is 1. The molecular weight excluding hydrogens is 473 g/mol. The fraction of sp³-hybridized carbons (Fsp3) is 0.269. The number of ether oxygens (including phenoxy) is 2. The first-order valence-corrected chi connectivity index (χ1v) is 11.4. The summed E-state index contributed by atoms with van der Waals surface area (Å²) in [6.45, 7) is 0.570. The Labute approximate surface area is 204 Å². The zero-order chi connectivity index (χ0) is 25.3. The van der Waals surface area contributed by atoms with Crippen molar-refractivity contribution in [3.05, 3.63) is 83.8 Å². The lowest BCUT2D eigenvalue weighted by molar-refractivity contribution is -0.141. The highest BCUT2D eigenvalue weighted by Gasteiger charge is 2.33. The molecule has 1 N–H and O–H groups in total. The molecule has 1 aliphatic rings. The molecule has 7 nitrogen and oxygen atoms in total. The minimum absolute atomic E-state index is 0.159. The van der Waals surface area contributed by atoms with Gasteiger partial charge in [-0.3, -0.25) is 9.48 Å². The number of rotatable bonds is 7. The van der Waals surface area contributed by atoms with Crippen molar-refractivity contribution in [1.29, 1.82) is 0 Å². The van der Waals surface area contributed by atoms with Gasteiger partial charge in [0.25, 0.3) is 5.91 Å². The van der Waals surface area contributed by atoms with E-state index in [-0.39, 0.29) is 17.8 Å². The number of carbonyl (C=O) groups excluding carboxylic acids is 1. The third-order valence-electron chi connectivity index (χ3n) is 6.14. The molecule has 0 saturated heterocycles. The Kier molecular flexibility index (Phi) is 6.36. The Morgan fingerprint density at radius 3 is 2.61 bits per heavy atom. The van der Waals surface area contributed by atoms with Gasteiger partial charge in [0.2, 0.25) is 0 Å². The highest BCUT2D eigenvalue weighted by Crippen LogP contribution is 2.37. The monoisotopic (exact) mass is 496 g/mol. The molecule has 0 bridgehead atoms. The van der Waals surface area contributed by atoms with Crippen LogP contribution in [0.2, 0.25) is 0 Å². The van der Waals surface area contributed by atoms with Gasteiger partial charge in [-0.15, -0.1) is 0 Å². The van der Waals surface area contributed by atoms with Crippen molar-refractivity contribution in [2.75, 3.05) is 12.4 Å². The average molecular weight is 496 g/mol. The number of benzene rings is 2. The van der Waals surface area contributed by atoms with Crippen molar-refractivity contribution < 1.29 is 27.4 Å². The number of alkyl halides is 3. The number of nitrogens with one attached hydrogen (secondary N) is 1. The number of fused-ring (bicyclic) bond motifs is 1. The molecule has 2 heterocycles. The molecule has 2 aromatic heterocycles. The molecule has 10 heteroatoms. The van der Waals surface area contributed by atoms with E-state index in [2.05, 4.69) is 15.4 Å². The molecule has 1 fully saturated rings. The smallest absolute Gasteiger partial charge is 0.433 e. The van der Waals surface area contributed by atoms with Crippen LogP contribution in [-0.2, 0) is 17.5 Å². The number of nitrogens with zero attached hydrogens (tertiary/aromatic N) is 3. The van der Waals surface area contributed by atoms with Crippen molar-refractivity contribution >= 4 is 22.5 Å². The Morgan fingerprint density at radius 1 is 1.11 bits per heavy atom. The van der Waals surface area contributed by atoms with Gasteiger partial charge in [0.05, 0.1) is 37.1 Å². The molecule has 1 saturated carbocycles. The number of hydrogen-bond acceptors (Lipinski definition) is 5. The summed E-state index contributed by atoms with van der Waals surface area (Å²) in [5.41, 5.74) is 0.638. The molecule has 1 amide bonds. The second kappa shape index (κ2) is 9.62. The van der Waals surface area contributed by atoms with Crippen LogP contribution in [0, 0.1) is 0 Å². The highest BCUT2D eigenvalue weighted by atomic mass is 19.4. The summed E-state index contributed by atoms with van der Waals surface area (Å²) in [4.78, 5) is 16.1. The van der Waals surface area contributed by atoms with Crippen LogP contribution < -0.4 is 10.1 Å². The molecule has 0 unspecified atom stereocenters. The number of hydrogen-bond donors (Lipinski definition) is 1. The van der Waals surface area contributed by atoms with E-state index in [1.54, 1.807) is 12.1 Å². The predicted molar refractivity (Wildman–Crippen MR) is 127 cm³/mol. The number of pyridine rings is 1. The summed E-state index contributed by atoms with van der Waals surface area (Å²) in [6.07, 6.45) is -0.933. The maximum absolute atomic E-state index is 13.0. The zero-order valence-corrected chi connectivity index (χ0v) is 19.3. The van der Waals surface area contributed by atoms with Crippen molar-refractivity contribution in [2.24, 2.45) is 0 Å². The molecule has 36 heavy (non-hydrogen) atoms. The van der Waals surface area contributed by atoms with Gasteiger partial charge in [0.15, 0.2) is 0 Å². The molecule has 5 rings (SSSR count). The first kappa shape index (κ1) is 23.8. The van der Waals surface area contributed by atoms with Crippen LogP contribution in [0.3, 0.4) is 0 Å². The van der Waals surface area contributed by atoms with Gasteiger partial charge >= 0.3 is 6.18 Å². The van der Waals surface area contributed by atoms with Gasteiger partial charge in [-0.2, -0.15) is 18.3 Å². The molecule has 186 valence electrons. The lowest BCUT2D eigenvalue weighted by Crippen LogP contribution is -2.33. The van der Waals surface area contributed by atoms with Crippen LogP contribution in [0.15, 0.2) is 66.9 Å². The van der Waals surface area contributed by atoms with Gasteiger partial charge < -0.3 is 14.8 Å². The number of halogens is 3. The summed E-state index contributed by atoms with van der Waals surface area (Å²) < 4.78 is 52.1. The van der Waals surface area contributed by atoms with Crippen molar-refractivity contribution in [2.45, 2.75) is 37.8 Å². The summed E-state index contributed by atoms with van der Waals surface area (Å²) in [7, 11) is 1.44. The first-order valence-electron chi connectivity index (χ1n) is 11.4. The van der Waals surface area contributed by atoms with Crippen molar-refractivity contribution in [3.63, 3.8) is 0 Å². The van der Waals surface area contributed by atoms with Crippen LogP contribution in [0.4, 0.5) is 18.9 Å². The van der Waals surface area contributed by atoms with E-state index in [1.807, 2.05) is 41.2 Å². The van der Waals surface area contributed by atoms with Gasteiger partial charge in [-0.25, -0.2) is 4.98 Å². The largest absolute Gasteiger partial charge is 0.494 e. The first-order chi connectivity index (χ1) is 17.3. The Morgan fingerprint density at radius 2 is 1.89 bits per heavy atom. The third kappa shape index (κ3) is 5.03. The molecule has 2 aromatic carbocycles. The minimum atomic E-state index is -4.64. The van der Waals surface area contributed by atoms with Crippen LogP contribution >= 0.6 is 0 Å². The highest BCUT2D eigenvalue weighted by molar-refractivity contribution is 6.05. The standard InChI is InChI=1S/C26H23F3N4O3/c1-35-23-13-21-17(10-22(23)31-25(34)20-8-5-9-24(30-20)26(27,28)29)14-33(32-21)18-11-19(12-18)36-15-16-6-3-2-4-7-16/h2-10,13-14,18-19H,11-12,15H2,1H3,(H,31,34). The van der Waals surface area contributed by atoms with E-state index >= 15 is 0 Å². The second-order valence-electron chi connectivity index (χ2n) is 8.62. The topological polar surface area (TPSA) is 78.3 Å². The van der Waals surface area contributed by atoms with E-state index in [0.717, 1.165) is 35.9 Å². The van der Waals surface area contributed by atoms with Crippen LogP contribution in [0.25, 0.3) is 10.9 Å². The Hall–Kier alpha value is -3.92. The average Bonchev–Trinajstić information content (AvgIpc) is 3.25. The zero-order valence-electron chi connectivity index (χ0n) is 19.3. The normalized spacial score (nSPS) is 17.6. The fourth-order valence-corrected chi connectivity index (χ4v) is 4.11. The summed E-state index contributed by atoms with van der Waals surface area (Å²) in [5.74, 6) is -0.436. The molecule has 0 atom stereocenters. The fourth-order valence-electron chi connectivity index (χ4n) is 4.11. The van der Waals surface area contributed by atoms with E-state index in [0.29, 0.717) is 23.6 Å². The van der Waals surface area contributed by atoms with Crippen molar-refractivity contribution in [1.82, 2.24) is 14.8 Å². The Balaban J connectivity index is 1.28. The molecule has 1 aliphatic carbocycles. The molecule has 0 aliphatic heterocycles. The van der Waals surface area contributed by atoms with Gasteiger partial charge in [0.1, 0.15) is 17.1 Å². The molecule has 0 radical (unpaired) electrons. The lowest BCUT2D eigenvalue weighted by atomic mass is 9.89. The van der Waals surface area contributed by atoms with Gasteiger partial charge in [-0.05, 0) is 36.6 Å². The lowest BCUT2D eigenvalue weighted by Gasteiger charge is -2.35. The van der Waals surface area contributed by atoms with Crippen molar-refractivity contribution in [3.8, 4) is 5.75 Å². The van der Waals surface area contributed by atoms with E-state index in [4.69, 9.17) is 9.47 Å². The minimum Gasteiger partial charge on any atom is -0.494 e. The van der Waals surface area contributed by atoms with E-state index in [9.17, 15) is 18.0 Å². The van der Waals surface area contributed by atoms with E-state index in [1.165, 1.54) is 13.2 Å². The van der Waals surface area contributed by atoms with Crippen LogP contribution in [-0.4, -0.2) is 33.9 Å². The molecule has 0 spiro atoms. The van der Waals surface area contributed by atoms with Gasteiger partial charge in [0, 0.05) is 17.6 Å². The maximum atomic E-state index is 13.0. The summed E-state index contributed by atoms with van der Waals surface area (Å²) in [5, 5.41) is 8.01. The van der Waals surface area contributed by atoms with E-state index < -0.39 is 17.8 Å². The third-order valence-corrected chi connectivity index (χ3v) is 6.14. The molecule has 4 aromatic rings. The quantitative estimate of drug-likeness (QED) is 0.359. The Bertz CT molecular complexity index is 1380. The second-order valence-corrected chi connectivity index (χ2v) is 8.62. The van der Waals surface area contributed by atoms with Crippen LogP contribution in [0.1, 0.15) is 40.6 Å². The number of carbonyl (C=O) groups is 1. The van der Waals surface area contributed by atoms with Gasteiger partial charge in [-0.1, -0.05) is 36.4 Å². The maximum Gasteiger partial charge on any atom is 0.433 e. The predicted octanol–water partition coefficient (Wildman–Crippen LogP) is 5.63. The van der Waals surface area contributed by atoms with Crippen LogP contribution in [0.5, 0.6) is 5.75 Å². The summed E-state index contributed by atoms with van der Waals surface area (Å²) in [6, 6.07) is 16.7.